The van der Waals surface area contributed by atoms with Gasteiger partial charge in [-0.1, -0.05) is 19.2 Å². The van der Waals surface area contributed by atoms with Gasteiger partial charge < -0.3 is 11.5 Å². The number of nitrogens with two attached hydrogens (primary N) is 2. The van der Waals surface area contributed by atoms with Crippen molar-refractivity contribution in [3.63, 3.8) is 0 Å². The first-order valence-corrected chi connectivity index (χ1v) is 4.82. The summed E-state index contributed by atoms with van der Waals surface area (Å²) in [6.45, 7) is 11.1. The summed E-state index contributed by atoms with van der Waals surface area (Å²) in [4.78, 5) is 0. The Balaban J connectivity index is 0. The normalized spacial score (nSPS) is 7.00. The van der Waals surface area contributed by atoms with E-state index in [0.29, 0.717) is 0 Å². The van der Waals surface area contributed by atoms with E-state index >= 15 is 0 Å². The molecular formula is C12H17N6+. The molecule has 0 amide bonds. The Bertz CT molecular complexity index is 420. The molecule has 94 valence electrons. The molecule has 6 heteroatoms. The highest BCUT2D eigenvalue weighted by Gasteiger charge is 2.10. The van der Waals surface area contributed by atoms with Gasteiger partial charge in [0.25, 0.3) is 5.82 Å². The number of allylic oxidation sites excluding steroid dienone is 1. The molecule has 0 radical (unpaired) electrons. The number of imidazole rings is 1. The predicted octanol–water partition coefficient (Wildman–Crippen LogP) is 0.557. The lowest BCUT2D eigenvalue weighted by Crippen LogP contribution is -2.28. The number of hydrogen-bond acceptors (Lipinski definition) is 4. The van der Waals surface area contributed by atoms with Crippen molar-refractivity contribution in [2.75, 3.05) is 0 Å². The van der Waals surface area contributed by atoms with Crippen molar-refractivity contribution >= 4 is 12.4 Å². The van der Waals surface area contributed by atoms with Gasteiger partial charge in [-0.2, -0.15) is 10.5 Å². The minimum absolute atomic E-state index is 0.811. The molecule has 0 spiro atoms. The third kappa shape index (κ3) is 6.49. The molecule has 1 aromatic heterocycles. The summed E-state index contributed by atoms with van der Waals surface area (Å²) in [6, 6.07) is 0. The van der Waals surface area contributed by atoms with Crippen molar-refractivity contribution < 1.29 is 4.57 Å². The molecule has 1 heterocycles. The zero-order valence-corrected chi connectivity index (χ0v) is 10.2. The Kier molecular flexibility index (Phi) is 11.7. The van der Waals surface area contributed by atoms with Crippen LogP contribution in [0.2, 0.25) is 0 Å². The maximum Gasteiger partial charge on any atom is 0.269 e. The van der Waals surface area contributed by atoms with Crippen LogP contribution in [0, 0.1) is 22.9 Å². The van der Waals surface area contributed by atoms with Crippen molar-refractivity contribution in [3.8, 4) is 12.4 Å². The van der Waals surface area contributed by atoms with Crippen LogP contribution >= 0.6 is 0 Å². The molecule has 0 aliphatic heterocycles. The summed E-state index contributed by atoms with van der Waals surface area (Å²) in [7, 11) is 0. The summed E-state index contributed by atoms with van der Waals surface area (Å²) in [5, 5.41) is 14.2. The van der Waals surface area contributed by atoms with Crippen molar-refractivity contribution in [2.45, 2.75) is 6.42 Å². The summed E-state index contributed by atoms with van der Waals surface area (Å²) in [5.74, 6) is 1.11. The fourth-order valence-electron chi connectivity index (χ4n) is 1.12. The van der Waals surface area contributed by atoms with E-state index in [0.717, 1.165) is 12.2 Å². The fraction of sp³-hybridized carbons (Fsp3) is 0.0833. The summed E-state index contributed by atoms with van der Waals surface area (Å²) >= 11 is 0. The van der Waals surface area contributed by atoms with Crippen LogP contribution in [0.5, 0.6) is 0 Å². The Morgan fingerprint density at radius 2 is 1.78 bits per heavy atom. The molecule has 1 rings (SSSR count). The minimum Gasteiger partial charge on any atom is -0.337 e. The molecular weight excluding hydrogens is 228 g/mol. The van der Waals surface area contributed by atoms with Crippen LogP contribution in [-0.2, 0) is 6.42 Å². The van der Waals surface area contributed by atoms with Gasteiger partial charge in [0.15, 0.2) is 12.4 Å². The Morgan fingerprint density at radius 3 is 2.11 bits per heavy atom. The molecule has 0 saturated heterocycles. The van der Waals surface area contributed by atoms with Gasteiger partial charge in [-0.05, 0) is 0 Å². The lowest BCUT2D eigenvalue weighted by molar-refractivity contribution is -0.575. The van der Waals surface area contributed by atoms with E-state index in [1.807, 2.05) is 27.6 Å². The molecule has 0 saturated carbocycles. The van der Waals surface area contributed by atoms with Crippen LogP contribution in [-0.4, -0.2) is 4.57 Å². The van der Waals surface area contributed by atoms with Gasteiger partial charge in [0.1, 0.15) is 12.4 Å². The van der Waals surface area contributed by atoms with Crippen molar-refractivity contribution in [2.24, 2.45) is 11.5 Å². The summed E-state index contributed by atoms with van der Waals surface area (Å²) in [6.07, 6.45) is 12.6. The first kappa shape index (κ1) is 17.4. The molecule has 0 fully saturated rings. The van der Waals surface area contributed by atoms with Gasteiger partial charge in [0.05, 0.1) is 18.8 Å². The monoisotopic (exact) mass is 245 g/mol. The highest BCUT2D eigenvalue weighted by Crippen LogP contribution is 1.97. The van der Waals surface area contributed by atoms with Gasteiger partial charge in [-0.3, -0.25) is 0 Å². The second-order valence-electron chi connectivity index (χ2n) is 2.65. The molecule has 18 heavy (non-hydrogen) atoms. The minimum atomic E-state index is 0.811. The van der Waals surface area contributed by atoms with E-state index < -0.39 is 0 Å². The predicted molar refractivity (Wildman–Crippen MR) is 70.9 cm³/mol. The lowest BCUT2D eigenvalue weighted by atomic mass is 10.4. The number of nitrogens with zero attached hydrogens (tertiary/aromatic N) is 4. The zero-order chi connectivity index (χ0) is 14.4. The van der Waals surface area contributed by atoms with Crippen molar-refractivity contribution in [3.05, 3.63) is 44.0 Å². The third-order valence-corrected chi connectivity index (χ3v) is 1.70. The average molecular weight is 245 g/mol. The second kappa shape index (κ2) is 12.1. The van der Waals surface area contributed by atoms with Gasteiger partial charge in [0.2, 0.25) is 0 Å². The van der Waals surface area contributed by atoms with E-state index in [1.165, 1.54) is 12.4 Å². The Labute approximate surface area is 107 Å². The highest BCUT2D eigenvalue weighted by molar-refractivity contribution is 5.19. The number of aromatic nitrogens is 2. The SMILES string of the molecule is C=CCc1n(C=C)cc[n+]1C=C.N#CN.N#CN. The molecule has 0 aromatic carbocycles. The molecule has 0 aliphatic carbocycles. The summed E-state index contributed by atoms with van der Waals surface area (Å²) in [5.41, 5.74) is 8.31. The van der Waals surface area contributed by atoms with Crippen LogP contribution in [0.3, 0.4) is 0 Å². The first-order valence-electron chi connectivity index (χ1n) is 4.82. The smallest absolute Gasteiger partial charge is 0.269 e. The van der Waals surface area contributed by atoms with Gasteiger partial charge in [-0.25, -0.2) is 9.13 Å². The molecule has 1 aromatic rings. The van der Waals surface area contributed by atoms with Gasteiger partial charge >= 0.3 is 0 Å². The Hall–Kier alpha value is -2.99. The van der Waals surface area contributed by atoms with Crippen molar-refractivity contribution in [1.82, 2.24) is 4.57 Å². The van der Waals surface area contributed by atoms with E-state index in [1.54, 1.807) is 12.4 Å². The first-order chi connectivity index (χ1) is 8.66. The average Bonchev–Trinajstić information content (AvgIpc) is 2.74. The van der Waals surface area contributed by atoms with Gasteiger partial charge in [0, 0.05) is 0 Å². The quantitative estimate of drug-likeness (QED) is 0.349. The lowest BCUT2D eigenvalue weighted by Gasteiger charge is -1.92. The molecule has 4 N–H and O–H groups in total. The Morgan fingerprint density at radius 1 is 1.28 bits per heavy atom. The molecule has 0 aliphatic rings. The maximum atomic E-state index is 7.10. The fourth-order valence-corrected chi connectivity index (χ4v) is 1.12. The van der Waals surface area contributed by atoms with Crippen molar-refractivity contribution in [1.29, 1.82) is 10.5 Å². The zero-order valence-electron chi connectivity index (χ0n) is 10.2. The second-order valence-corrected chi connectivity index (χ2v) is 2.65. The number of hydrogen-bond donors (Lipinski definition) is 2. The van der Waals surface area contributed by atoms with Crippen LogP contribution < -0.4 is 16.0 Å². The largest absolute Gasteiger partial charge is 0.337 e. The van der Waals surface area contributed by atoms with Crippen LogP contribution in [0.4, 0.5) is 0 Å². The molecule has 0 atom stereocenters. The highest BCUT2D eigenvalue weighted by atomic mass is 15.1. The van der Waals surface area contributed by atoms with Crippen LogP contribution in [0.1, 0.15) is 5.82 Å². The number of rotatable bonds is 4. The topological polar surface area (TPSA) is 108 Å². The third-order valence-electron chi connectivity index (χ3n) is 1.70. The van der Waals surface area contributed by atoms with E-state index in [2.05, 4.69) is 31.2 Å². The van der Waals surface area contributed by atoms with Crippen LogP contribution in [0.15, 0.2) is 38.2 Å². The molecule has 0 bridgehead atoms. The molecule has 6 nitrogen and oxygen atoms in total. The maximum absolute atomic E-state index is 7.10. The standard InChI is InChI=1S/C10H13N2.2CH2N2/c1-4-7-10-11(5-2)8-9-12(10)6-3;2*2-1-3/h4-6,8-9H,1-3,7H2;2*2H2/q+1;;. The summed E-state index contributed by atoms with van der Waals surface area (Å²) < 4.78 is 3.90. The number of nitriles is 2. The molecule has 0 unspecified atom stereocenters. The van der Waals surface area contributed by atoms with E-state index in [9.17, 15) is 0 Å². The van der Waals surface area contributed by atoms with E-state index in [-0.39, 0.29) is 0 Å². The van der Waals surface area contributed by atoms with Crippen LogP contribution in [0.25, 0.3) is 12.4 Å². The van der Waals surface area contributed by atoms with E-state index in [4.69, 9.17) is 10.5 Å². The van der Waals surface area contributed by atoms with Gasteiger partial charge in [-0.15, -0.1) is 6.58 Å².